The van der Waals surface area contributed by atoms with Crippen molar-refractivity contribution in [2.45, 2.75) is 32.2 Å². The number of phenols is 1. The van der Waals surface area contributed by atoms with Gasteiger partial charge in [-0.15, -0.1) is 11.8 Å². The number of aliphatic imine (C=N–C) groups is 1. The van der Waals surface area contributed by atoms with Crippen molar-refractivity contribution in [2.75, 3.05) is 12.4 Å². The third-order valence-corrected chi connectivity index (χ3v) is 5.89. The third kappa shape index (κ3) is 3.62. The first-order valence-corrected chi connectivity index (χ1v) is 9.62. The zero-order valence-corrected chi connectivity index (χ0v) is 16.4. The van der Waals surface area contributed by atoms with Crippen LogP contribution in [0.15, 0.2) is 28.4 Å². The number of fused-ring (bicyclic) bond motifs is 1. The lowest BCUT2D eigenvalue weighted by atomic mass is 10.0. The summed E-state index contributed by atoms with van der Waals surface area (Å²) in [6, 6.07) is 2.85. The van der Waals surface area contributed by atoms with E-state index < -0.39 is 29.3 Å². The molecule has 2 N–H and O–H groups in total. The van der Waals surface area contributed by atoms with E-state index in [9.17, 15) is 24.6 Å². The summed E-state index contributed by atoms with van der Waals surface area (Å²) in [5.41, 5.74) is 2.44. The molecule has 2 aliphatic rings. The number of thioether (sulfide) groups is 1. The number of carbonyl (C=O) groups is 3. The van der Waals surface area contributed by atoms with Crippen molar-refractivity contribution in [3.05, 3.63) is 40.1 Å². The molecule has 2 heterocycles. The van der Waals surface area contributed by atoms with E-state index in [1.165, 1.54) is 23.6 Å². The number of ether oxygens (including phenoxy) is 1. The van der Waals surface area contributed by atoms with Crippen LogP contribution in [-0.4, -0.2) is 62.9 Å². The van der Waals surface area contributed by atoms with E-state index in [0.717, 1.165) is 5.56 Å². The quantitative estimate of drug-likeness (QED) is 0.435. The first kappa shape index (κ1) is 19.9. The van der Waals surface area contributed by atoms with Crippen LogP contribution in [0.2, 0.25) is 0 Å². The zero-order valence-electron chi connectivity index (χ0n) is 15.6. The van der Waals surface area contributed by atoms with Crippen LogP contribution in [0, 0.1) is 13.8 Å². The van der Waals surface area contributed by atoms with Crippen molar-refractivity contribution < 1.29 is 29.3 Å². The molecule has 2 atom stereocenters. The molecular weight excluding hydrogens is 384 g/mol. The number of aromatic hydroxyl groups is 1. The number of benzene rings is 1. The molecule has 9 heteroatoms. The summed E-state index contributed by atoms with van der Waals surface area (Å²) in [7, 11) is 0. The van der Waals surface area contributed by atoms with E-state index in [4.69, 9.17) is 4.74 Å². The van der Waals surface area contributed by atoms with Crippen LogP contribution in [0.3, 0.4) is 0 Å². The van der Waals surface area contributed by atoms with Crippen molar-refractivity contribution in [3.8, 4) is 5.75 Å². The molecule has 3 rings (SSSR count). The molecule has 1 aromatic carbocycles. The van der Waals surface area contributed by atoms with Gasteiger partial charge in [-0.1, -0.05) is 0 Å². The maximum atomic E-state index is 12.6. The highest BCUT2D eigenvalue weighted by Gasteiger charge is 2.53. The third-order valence-electron chi connectivity index (χ3n) is 4.57. The summed E-state index contributed by atoms with van der Waals surface area (Å²) in [6.45, 7) is 4.65. The molecule has 28 heavy (non-hydrogen) atoms. The number of hydrogen-bond donors (Lipinski definition) is 2. The number of aryl methyl sites for hydroxylation is 2. The second-order valence-corrected chi connectivity index (χ2v) is 7.78. The maximum Gasteiger partial charge on any atom is 0.352 e. The van der Waals surface area contributed by atoms with Gasteiger partial charge in [-0.25, -0.2) is 4.79 Å². The van der Waals surface area contributed by atoms with Gasteiger partial charge in [0.15, 0.2) is 6.04 Å². The molecule has 2 aliphatic heterocycles. The number of hydrogen-bond acceptors (Lipinski definition) is 7. The van der Waals surface area contributed by atoms with Crippen LogP contribution in [0.5, 0.6) is 5.75 Å². The Labute approximate surface area is 165 Å². The minimum Gasteiger partial charge on any atom is -0.507 e. The summed E-state index contributed by atoms with van der Waals surface area (Å²) < 4.78 is 4.91. The van der Waals surface area contributed by atoms with Gasteiger partial charge in [0.05, 0.1) is 0 Å². The van der Waals surface area contributed by atoms with Crippen LogP contribution >= 0.6 is 11.8 Å². The molecule has 8 nitrogen and oxygen atoms in total. The Bertz CT molecular complexity index is 900. The predicted molar refractivity (Wildman–Crippen MR) is 103 cm³/mol. The van der Waals surface area contributed by atoms with E-state index in [1.54, 1.807) is 32.2 Å². The molecule has 1 aromatic rings. The van der Waals surface area contributed by atoms with Gasteiger partial charge in [0.2, 0.25) is 0 Å². The minimum atomic E-state index is -1.23. The van der Waals surface area contributed by atoms with E-state index in [0.29, 0.717) is 22.5 Å². The molecule has 0 aliphatic carbocycles. The Hall–Kier alpha value is -2.81. The van der Waals surface area contributed by atoms with Crippen LogP contribution < -0.4 is 0 Å². The fourth-order valence-electron chi connectivity index (χ4n) is 3.20. The number of aliphatic carboxylic acids is 1. The maximum absolute atomic E-state index is 12.6. The van der Waals surface area contributed by atoms with E-state index in [-0.39, 0.29) is 18.1 Å². The predicted octanol–water partition coefficient (Wildman–Crippen LogP) is 1.61. The van der Waals surface area contributed by atoms with Crippen molar-refractivity contribution in [2.24, 2.45) is 4.99 Å². The molecular formula is C19H20N2O6S. The fourth-order valence-corrected chi connectivity index (χ4v) is 4.52. The molecule has 148 valence electrons. The Morgan fingerprint density at radius 2 is 2.00 bits per heavy atom. The highest BCUT2D eigenvalue weighted by atomic mass is 32.2. The summed E-state index contributed by atoms with van der Waals surface area (Å²) in [5, 5.41) is 19.0. The lowest BCUT2D eigenvalue weighted by Crippen LogP contribution is -2.64. The average molecular weight is 404 g/mol. The molecule has 1 amide bonds. The van der Waals surface area contributed by atoms with Crippen LogP contribution in [0.25, 0.3) is 0 Å². The molecule has 0 saturated carbocycles. The lowest BCUT2D eigenvalue weighted by Gasteiger charge is -2.47. The Kier molecular flexibility index (Phi) is 5.46. The smallest absolute Gasteiger partial charge is 0.352 e. The number of esters is 1. The second kappa shape index (κ2) is 7.67. The Balaban J connectivity index is 1.80. The van der Waals surface area contributed by atoms with Gasteiger partial charge in [0, 0.05) is 24.5 Å². The summed E-state index contributed by atoms with van der Waals surface area (Å²) in [5.74, 6) is -1.58. The molecule has 1 fully saturated rings. The molecule has 0 aromatic heterocycles. The van der Waals surface area contributed by atoms with E-state index in [1.807, 2.05) is 0 Å². The van der Waals surface area contributed by atoms with Crippen LogP contribution in [0.4, 0.5) is 0 Å². The lowest BCUT2D eigenvalue weighted by molar-refractivity contribution is -0.148. The molecule has 0 bridgehead atoms. The average Bonchev–Trinajstić information content (AvgIpc) is 2.63. The van der Waals surface area contributed by atoms with Gasteiger partial charge in [-0.3, -0.25) is 19.5 Å². The number of amides is 1. The molecule has 1 saturated heterocycles. The van der Waals surface area contributed by atoms with Crippen molar-refractivity contribution in [1.29, 1.82) is 0 Å². The van der Waals surface area contributed by atoms with Gasteiger partial charge in [-0.05, 0) is 42.7 Å². The standard InChI is InChI=1S/C19H20N2O6S/c1-9-4-12(5-10(2)16(9)23)6-20-14-17(24)21-15(19(25)26)13(7-27-11(3)22)8-28-18(14)21/h4-6,14,18,23H,7-8H2,1-3H3,(H,25,26)/t14-,18-/m1/s1. The van der Waals surface area contributed by atoms with Gasteiger partial charge in [0.1, 0.15) is 23.4 Å². The topological polar surface area (TPSA) is 116 Å². The number of phenolic OH excluding ortho intramolecular Hbond substituents is 1. The number of rotatable bonds is 5. The number of nitrogens with zero attached hydrogens (tertiary/aromatic N) is 2. The summed E-state index contributed by atoms with van der Waals surface area (Å²) in [4.78, 5) is 40.8. The summed E-state index contributed by atoms with van der Waals surface area (Å²) in [6.07, 6.45) is 1.57. The van der Waals surface area contributed by atoms with Crippen LogP contribution in [-0.2, 0) is 19.1 Å². The van der Waals surface area contributed by atoms with Crippen LogP contribution in [0.1, 0.15) is 23.6 Å². The van der Waals surface area contributed by atoms with Crippen molar-refractivity contribution in [1.82, 2.24) is 4.90 Å². The second-order valence-electron chi connectivity index (χ2n) is 6.67. The molecule has 0 spiro atoms. The van der Waals surface area contributed by atoms with Gasteiger partial charge >= 0.3 is 11.9 Å². The number of β-lactam (4-membered cyclic amide) rings is 1. The van der Waals surface area contributed by atoms with E-state index in [2.05, 4.69) is 4.99 Å². The monoisotopic (exact) mass is 404 g/mol. The Morgan fingerprint density at radius 1 is 1.36 bits per heavy atom. The fraction of sp³-hybridized carbons (Fsp3) is 0.368. The first-order valence-electron chi connectivity index (χ1n) is 8.57. The van der Waals surface area contributed by atoms with E-state index >= 15 is 0 Å². The number of carboxylic acids is 1. The summed E-state index contributed by atoms with van der Waals surface area (Å²) >= 11 is 1.39. The SMILES string of the molecule is CC(=O)OCC1=C(C(=O)O)N2C(=O)[C@@H](N=Cc3cc(C)c(O)c(C)c3)[C@H]2SC1. The van der Waals surface area contributed by atoms with Crippen molar-refractivity contribution in [3.63, 3.8) is 0 Å². The Morgan fingerprint density at radius 3 is 2.57 bits per heavy atom. The first-order chi connectivity index (χ1) is 13.2. The normalized spacial score (nSPS) is 21.5. The number of carboxylic acid groups (broad SMARTS) is 1. The molecule has 0 unspecified atom stereocenters. The highest BCUT2D eigenvalue weighted by molar-refractivity contribution is 8.00. The van der Waals surface area contributed by atoms with Gasteiger partial charge in [-0.2, -0.15) is 0 Å². The minimum absolute atomic E-state index is 0.127. The number of carbonyl (C=O) groups excluding carboxylic acids is 2. The van der Waals surface area contributed by atoms with Gasteiger partial charge < -0.3 is 14.9 Å². The molecule has 0 radical (unpaired) electrons. The van der Waals surface area contributed by atoms with Gasteiger partial charge in [0.25, 0.3) is 5.91 Å². The zero-order chi connectivity index (χ0) is 20.6. The van der Waals surface area contributed by atoms with Crippen molar-refractivity contribution >= 4 is 35.8 Å². The highest BCUT2D eigenvalue weighted by Crippen LogP contribution is 2.41. The largest absolute Gasteiger partial charge is 0.507 e.